The van der Waals surface area contributed by atoms with Crippen LogP contribution in [0.4, 0.5) is 5.69 Å². The van der Waals surface area contributed by atoms with Crippen molar-refractivity contribution < 1.29 is 32.3 Å². The van der Waals surface area contributed by atoms with Crippen molar-refractivity contribution in [1.82, 2.24) is 0 Å². The van der Waals surface area contributed by atoms with Crippen molar-refractivity contribution in [3.8, 4) is 5.75 Å². The molecule has 0 aromatic heterocycles. The molecular weight excluding hydrogens is 626 g/mol. The van der Waals surface area contributed by atoms with Gasteiger partial charge in [0.2, 0.25) is 5.88 Å². The molecule has 3 aliphatic heterocycles. The second-order valence-corrected chi connectivity index (χ2v) is 15.7. The summed E-state index contributed by atoms with van der Waals surface area (Å²) in [4.78, 5) is 13.3. The fourth-order valence-corrected chi connectivity index (χ4v) is 8.82. The number of hydrogen-bond acceptors (Lipinski definition) is 6. The molecule has 0 bridgehead atoms. The van der Waals surface area contributed by atoms with Crippen molar-refractivity contribution >= 4 is 21.8 Å². The highest BCUT2D eigenvalue weighted by Crippen LogP contribution is 2.56. The fourth-order valence-electron chi connectivity index (χ4n) is 8.31. The molecule has 0 amide bonds. The Kier molecular flexibility index (Phi) is 9.68. The summed E-state index contributed by atoms with van der Waals surface area (Å²) in [5, 5.41) is 9.19. The largest absolute Gasteiger partial charge is 0.481 e. The van der Waals surface area contributed by atoms with Crippen LogP contribution < -0.4 is 9.64 Å². The Bertz CT molecular complexity index is 1750. The van der Waals surface area contributed by atoms with E-state index in [4.69, 9.17) is 16.1 Å². The number of unbranched alkanes of at least 4 members (excludes halogenated alkanes) is 2. The molecule has 2 N–H and O–H groups in total. The first-order chi connectivity index (χ1) is 22.9. The van der Waals surface area contributed by atoms with E-state index in [0.717, 1.165) is 103 Å². The number of anilines is 1. The van der Waals surface area contributed by atoms with E-state index in [1.807, 2.05) is 24.3 Å². The molecule has 0 radical (unpaired) electrons. The minimum absolute atomic E-state index is 0.0963. The molecule has 5 aliphatic rings. The van der Waals surface area contributed by atoms with Gasteiger partial charge >= 0.3 is 5.97 Å². The molecule has 0 saturated heterocycles. The zero-order chi connectivity index (χ0) is 34.3. The van der Waals surface area contributed by atoms with Crippen molar-refractivity contribution in [3.05, 3.63) is 88.8 Å². The van der Waals surface area contributed by atoms with Crippen molar-refractivity contribution in [2.24, 2.45) is 0 Å². The molecule has 3 unspecified atom stereocenters. The molecule has 3 atom stereocenters. The summed E-state index contributed by atoms with van der Waals surface area (Å²) >= 11 is 0. The lowest BCUT2D eigenvalue weighted by atomic mass is 9.58. The Morgan fingerprint density at radius 2 is 1.77 bits per heavy atom. The summed E-state index contributed by atoms with van der Waals surface area (Å²) in [5.41, 5.74) is 5.15. The van der Waals surface area contributed by atoms with E-state index in [-0.39, 0.29) is 28.9 Å². The van der Waals surface area contributed by atoms with Gasteiger partial charge in [0.25, 0.3) is 10.1 Å². The van der Waals surface area contributed by atoms with Crippen molar-refractivity contribution in [2.45, 2.75) is 126 Å². The van der Waals surface area contributed by atoms with Crippen molar-refractivity contribution in [2.75, 3.05) is 11.4 Å². The highest BCUT2D eigenvalue weighted by Gasteiger charge is 2.49. The summed E-state index contributed by atoms with van der Waals surface area (Å²) in [6.45, 7) is 11.9. The Hall–Kier alpha value is -3.40. The molecule has 8 nitrogen and oxygen atoms in total. The third-order valence-electron chi connectivity index (χ3n) is 11.0. The molecular formula is C39H49NO7S. The average Bonchev–Trinajstić information content (AvgIpc) is 3.43. The smallest absolute Gasteiger partial charge is 0.303 e. The maximum absolute atomic E-state index is 12.4. The molecule has 1 fully saturated rings. The molecule has 3 heterocycles. The number of nitrogens with zero attached hydrogens (tertiary/aromatic N) is 1. The third kappa shape index (κ3) is 6.25. The summed E-state index contributed by atoms with van der Waals surface area (Å²) in [5.74, 6) is 0.822. The molecule has 7 rings (SSSR count). The van der Waals surface area contributed by atoms with E-state index in [9.17, 15) is 22.9 Å². The number of rotatable bonds is 7. The molecule has 2 aromatic carbocycles. The lowest BCUT2D eigenvalue weighted by Gasteiger charge is -2.46. The minimum Gasteiger partial charge on any atom is -0.481 e. The number of aliphatic carboxylic acids is 1. The number of para-hydroxylation sites is 2. The van der Waals surface area contributed by atoms with Gasteiger partial charge in [0, 0.05) is 24.0 Å². The van der Waals surface area contributed by atoms with Gasteiger partial charge in [-0.05, 0) is 103 Å². The Morgan fingerprint density at radius 1 is 1.02 bits per heavy atom. The number of benzene rings is 2. The number of hydrogen-bond donors (Lipinski definition) is 2. The molecule has 1 saturated carbocycles. The van der Waals surface area contributed by atoms with E-state index in [2.05, 4.69) is 37.8 Å². The number of carboxylic acid groups (broad SMARTS) is 1. The Balaban J connectivity index is 0.00000129. The average molecular weight is 676 g/mol. The first-order valence-corrected chi connectivity index (χ1v) is 19.1. The monoisotopic (exact) mass is 675 g/mol. The van der Waals surface area contributed by atoms with Crippen LogP contribution in [0.25, 0.3) is 0 Å². The van der Waals surface area contributed by atoms with Gasteiger partial charge in [-0.1, -0.05) is 71.2 Å². The minimum atomic E-state index is -4.44. The Labute approximate surface area is 285 Å². The second kappa shape index (κ2) is 13.5. The van der Waals surface area contributed by atoms with Crippen LogP contribution in [0.2, 0.25) is 0 Å². The van der Waals surface area contributed by atoms with E-state index >= 15 is 0 Å². The van der Waals surface area contributed by atoms with Crippen LogP contribution in [0.15, 0.2) is 82.6 Å². The second-order valence-electron chi connectivity index (χ2n) is 14.3. The summed E-state index contributed by atoms with van der Waals surface area (Å²) in [7, 11) is -4.44. The van der Waals surface area contributed by atoms with Gasteiger partial charge in [-0.15, -0.1) is 0 Å². The van der Waals surface area contributed by atoms with Gasteiger partial charge in [-0.3, -0.25) is 9.35 Å². The predicted molar refractivity (Wildman–Crippen MR) is 187 cm³/mol. The number of fused-ring (bicyclic) bond motifs is 7. The van der Waals surface area contributed by atoms with Gasteiger partial charge in [-0.2, -0.15) is 8.42 Å². The fraction of sp³-hybridized carbons (Fsp3) is 0.513. The van der Waals surface area contributed by atoms with Crippen LogP contribution in [0.5, 0.6) is 5.75 Å². The van der Waals surface area contributed by atoms with Crippen molar-refractivity contribution in [3.63, 3.8) is 0 Å². The van der Waals surface area contributed by atoms with Crippen LogP contribution in [0.3, 0.4) is 0 Å². The van der Waals surface area contributed by atoms with E-state index in [0.29, 0.717) is 12.8 Å². The molecule has 258 valence electrons. The topological polar surface area (TPSA) is 113 Å². The molecule has 9 heteroatoms. The van der Waals surface area contributed by atoms with Crippen molar-refractivity contribution in [1.29, 1.82) is 0 Å². The van der Waals surface area contributed by atoms with Gasteiger partial charge in [0.05, 0.1) is 22.8 Å². The first kappa shape index (κ1) is 34.5. The summed E-state index contributed by atoms with van der Waals surface area (Å²) in [6.07, 6.45) is 11.7. The van der Waals surface area contributed by atoms with Gasteiger partial charge < -0.3 is 19.5 Å². The highest BCUT2D eigenvalue weighted by molar-refractivity contribution is 7.85. The third-order valence-corrected chi connectivity index (χ3v) is 11.9. The maximum Gasteiger partial charge on any atom is 0.303 e. The summed E-state index contributed by atoms with van der Waals surface area (Å²) < 4.78 is 48.4. The lowest BCUT2D eigenvalue weighted by Crippen LogP contribution is -2.41. The zero-order valence-electron chi connectivity index (χ0n) is 28.5. The SMILES string of the molecule is C=C1C2=CC3=C4Oc5ccccc5N4CCC3OC2CCC2(CCC2)c2ccc(S(=O)(=O)O)cc2C1(C)CCCCCC(=O)O.CCC. The highest BCUT2D eigenvalue weighted by atomic mass is 32.2. The standard InChI is InChI=1S/C36H41NO7S.C3H8/c1-23-25-22-26-31(15-20-37-29-9-5-6-10-32(29)44-34(26)37)43-30(25)14-19-36(17-8-18-36)27-13-12-24(45(40,41)42)21-28(27)35(23,2)16-7-3-4-11-33(38)39;1-3-2/h5-6,9-10,12-13,21-22,30-31H,1,3-4,7-8,11,14-20H2,2H3,(H,38,39)(H,40,41,42);3H2,1-2H3. The number of carbonyl (C=O) groups is 1. The molecule has 48 heavy (non-hydrogen) atoms. The normalized spacial score (nSPS) is 25.3. The van der Waals surface area contributed by atoms with Crippen LogP contribution >= 0.6 is 0 Å². The van der Waals surface area contributed by atoms with E-state index < -0.39 is 21.5 Å². The van der Waals surface area contributed by atoms with Gasteiger partial charge in [0.15, 0.2) is 5.75 Å². The summed E-state index contributed by atoms with van der Waals surface area (Å²) in [6, 6.07) is 13.2. The predicted octanol–water partition coefficient (Wildman–Crippen LogP) is 8.62. The van der Waals surface area contributed by atoms with E-state index in [1.165, 1.54) is 12.5 Å². The quantitative estimate of drug-likeness (QED) is 0.222. The maximum atomic E-state index is 12.4. The molecule has 1 spiro atoms. The van der Waals surface area contributed by atoms with Crippen LogP contribution in [0.1, 0.15) is 109 Å². The number of carboxylic acids is 1. The lowest BCUT2D eigenvalue weighted by molar-refractivity contribution is -0.137. The first-order valence-electron chi connectivity index (χ1n) is 17.6. The number of ether oxygens (including phenoxy) is 2. The van der Waals surface area contributed by atoms with Crippen LogP contribution in [0, 0.1) is 0 Å². The van der Waals surface area contributed by atoms with Gasteiger partial charge in [-0.25, -0.2) is 0 Å². The molecule has 2 aliphatic carbocycles. The molecule has 2 aromatic rings. The Morgan fingerprint density at radius 3 is 2.46 bits per heavy atom. The van der Waals surface area contributed by atoms with Crippen LogP contribution in [-0.4, -0.2) is 42.8 Å². The van der Waals surface area contributed by atoms with Crippen LogP contribution in [-0.2, 0) is 30.5 Å². The van der Waals surface area contributed by atoms with Gasteiger partial charge in [0.1, 0.15) is 0 Å². The van der Waals surface area contributed by atoms with E-state index in [1.54, 1.807) is 6.07 Å². The zero-order valence-corrected chi connectivity index (χ0v) is 29.3.